The Kier molecular flexibility index (Phi) is 4.70. The second kappa shape index (κ2) is 6.04. The summed E-state index contributed by atoms with van der Waals surface area (Å²) in [6.07, 6.45) is 1.86. The number of nitrogens with zero attached hydrogens (tertiary/aromatic N) is 3. The lowest BCUT2D eigenvalue weighted by atomic mass is 10.1. The molecule has 0 radical (unpaired) electrons. The second-order valence-corrected chi connectivity index (χ2v) is 3.78. The minimum Gasteiger partial charge on any atom is -0.481 e. The summed E-state index contributed by atoms with van der Waals surface area (Å²) in [4.78, 5) is 10.8. The third-order valence-corrected chi connectivity index (χ3v) is 2.68. The first-order valence-corrected chi connectivity index (χ1v) is 5.80. The van der Waals surface area contributed by atoms with Crippen molar-refractivity contribution in [3.8, 4) is 6.07 Å². The summed E-state index contributed by atoms with van der Waals surface area (Å²) in [6.45, 7) is 4.47. The van der Waals surface area contributed by atoms with Gasteiger partial charge in [-0.1, -0.05) is 13.8 Å². The minimum absolute atomic E-state index is 0.0128. The van der Waals surface area contributed by atoms with Gasteiger partial charge in [0, 0.05) is 11.3 Å². The van der Waals surface area contributed by atoms with E-state index < -0.39 is 5.97 Å². The molecule has 0 bridgehead atoms. The molecule has 5 heteroatoms. The Morgan fingerprint density at radius 3 is 2.65 bits per heavy atom. The Balaban J connectivity index is 3.11. The number of carboxylic acid groups (broad SMARTS) is 1. The Morgan fingerprint density at radius 2 is 2.18 bits per heavy atom. The van der Waals surface area contributed by atoms with Gasteiger partial charge in [0.1, 0.15) is 0 Å². The highest BCUT2D eigenvalue weighted by molar-refractivity contribution is 5.71. The molecule has 0 aliphatic rings. The molecule has 0 aromatic carbocycles. The molecule has 1 aromatic rings. The van der Waals surface area contributed by atoms with E-state index in [2.05, 4.69) is 11.2 Å². The van der Waals surface area contributed by atoms with Crippen LogP contribution in [0.1, 0.15) is 37.2 Å². The number of hydrogen-bond donors (Lipinski definition) is 1. The van der Waals surface area contributed by atoms with Crippen molar-refractivity contribution in [3.05, 3.63) is 17.0 Å². The number of hydrogen-bond acceptors (Lipinski definition) is 3. The molecular weight excluding hydrogens is 218 g/mol. The number of carboxylic acids is 1. The highest BCUT2D eigenvalue weighted by atomic mass is 16.4. The Morgan fingerprint density at radius 1 is 1.47 bits per heavy atom. The van der Waals surface area contributed by atoms with E-state index in [1.54, 1.807) is 4.68 Å². The quantitative estimate of drug-likeness (QED) is 0.811. The van der Waals surface area contributed by atoms with Crippen molar-refractivity contribution in [1.82, 2.24) is 9.78 Å². The van der Waals surface area contributed by atoms with Gasteiger partial charge < -0.3 is 5.11 Å². The number of aliphatic carboxylic acids is 1. The number of aryl methyl sites for hydroxylation is 2. The van der Waals surface area contributed by atoms with Crippen molar-refractivity contribution in [2.45, 2.75) is 46.1 Å². The SMILES string of the molecule is CCc1nn(CCC#N)c(CC)c1CC(=O)O. The smallest absolute Gasteiger partial charge is 0.307 e. The minimum atomic E-state index is -0.839. The standard InChI is InChI=1S/C12H17N3O2/c1-3-10-9(8-12(16)17)11(4-2)15(14-10)7-5-6-13/h3-5,7-8H2,1-2H3,(H,16,17). The first kappa shape index (κ1) is 13.2. The fourth-order valence-corrected chi connectivity index (χ4v) is 1.96. The fraction of sp³-hybridized carbons (Fsp3) is 0.583. The maximum Gasteiger partial charge on any atom is 0.307 e. The fourth-order valence-electron chi connectivity index (χ4n) is 1.96. The molecule has 1 rings (SSSR count). The van der Waals surface area contributed by atoms with E-state index in [9.17, 15) is 4.79 Å². The topological polar surface area (TPSA) is 78.9 Å². The number of rotatable bonds is 6. The summed E-state index contributed by atoms with van der Waals surface area (Å²) in [5.74, 6) is -0.839. The van der Waals surface area contributed by atoms with Gasteiger partial charge in [0.25, 0.3) is 0 Å². The van der Waals surface area contributed by atoms with Gasteiger partial charge in [-0.15, -0.1) is 0 Å². The molecule has 0 atom stereocenters. The average Bonchev–Trinajstić information content (AvgIpc) is 2.62. The van der Waals surface area contributed by atoms with Crippen LogP contribution < -0.4 is 0 Å². The first-order valence-electron chi connectivity index (χ1n) is 5.80. The maximum absolute atomic E-state index is 10.8. The van der Waals surface area contributed by atoms with E-state index in [0.717, 1.165) is 29.8 Å². The molecule has 0 fully saturated rings. The Labute approximate surface area is 101 Å². The molecule has 92 valence electrons. The van der Waals surface area contributed by atoms with Crippen LogP contribution in [0.5, 0.6) is 0 Å². The van der Waals surface area contributed by atoms with Crippen LogP contribution in [0, 0.1) is 11.3 Å². The molecule has 0 aliphatic heterocycles. The number of aromatic nitrogens is 2. The van der Waals surface area contributed by atoms with Gasteiger partial charge in [0.15, 0.2) is 0 Å². The zero-order valence-electron chi connectivity index (χ0n) is 10.2. The lowest BCUT2D eigenvalue weighted by molar-refractivity contribution is -0.136. The zero-order valence-corrected chi connectivity index (χ0v) is 10.2. The molecule has 0 saturated carbocycles. The van der Waals surface area contributed by atoms with Crippen molar-refractivity contribution in [3.63, 3.8) is 0 Å². The van der Waals surface area contributed by atoms with Crippen molar-refractivity contribution in [2.24, 2.45) is 0 Å². The van der Waals surface area contributed by atoms with Gasteiger partial charge in [-0.25, -0.2) is 0 Å². The summed E-state index contributed by atoms with van der Waals surface area (Å²) in [7, 11) is 0. The Hall–Kier alpha value is -1.83. The average molecular weight is 235 g/mol. The molecule has 0 amide bonds. The molecule has 0 aliphatic carbocycles. The number of carbonyl (C=O) groups is 1. The van der Waals surface area contributed by atoms with E-state index in [0.29, 0.717) is 13.0 Å². The van der Waals surface area contributed by atoms with E-state index in [-0.39, 0.29) is 6.42 Å². The molecule has 1 heterocycles. The second-order valence-electron chi connectivity index (χ2n) is 3.78. The van der Waals surface area contributed by atoms with Crippen LogP contribution in [0.25, 0.3) is 0 Å². The molecule has 17 heavy (non-hydrogen) atoms. The van der Waals surface area contributed by atoms with Gasteiger partial charge in [0.2, 0.25) is 0 Å². The Bertz CT molecular complexity index is 443. The van der Waals surface area contributed by atoms with Gasteiger partial charge in [0.05, 0.1) is 31.1 Å². The van der Waals surface area contributed by atoms with Gasteiger partial charge >= 0.3 is 5.97 Å². The molecule has 0 spiro atoms. The maximum atomic E-state index is 10.8. The van der Waals surface area contributed by atoms with Crippen LogP contribution in [-0.4, -0.2) is 20.9 Å². The van der Waals surface area contributed by atoms with Crippen LogP contribution in [0.2, 0.25) is 0 Å². The normalized spacial score (nSPS) is 10.2. The monoisotopic (exact) mass is 235 g/mol. The van der Waals surface area contributed by atoms with E-state index in [4.69, 9.17) is 10.4 Å². The van der Waals surface area contributed by atoms with Gasteiger partial charge in [-0.2, -0.15) is 10.4 Å². The summed E-state index contributed by atoms with van der Waals surface area (Å²) in [5, 5.41) is 21.9. The predicted octanol–water partition coefficient (Wildman–Crippen LogP) is 1.55. The summed E-state index contributed by atoms with van der Waals surface area (Å²) in [5.41, 5.74) is 2.60. The van der Waals surface area contributed by atoms with Crippen molar-refractivity contribution in [2.75, 3.05) is 0 Å². The summed E-state index contributed by atoms with van der Waals surface area (Å²) in [6, 6.07) is 2.08. The lowest BCUT2D eigenvalue weighted by Crippen LogP contribution is -2.07. The highest BCUT2D eigenvalue weighted by Gasteiger charge is 2.17. The van der Waals surface area contributed by atoms with E-state index in [1.807, 2.05) is 13.8 Å². The van der Waals surface area contributed by atoms with Crippen molar-refractivity contribution >= 4 is 5.97 Å². The predicted molar refractivity (Wildman–Crippen MR) is 62.6 cm³/mol. The van der Waals surface area contributed by atoms with Gasteiger partial charge in [-0.05, 0) is 12.8 Å². The van der Waals surface area contributed by atoms with E-state index >= 15 is 0 Å². The van der Waals surface area contributed by atoms with Crippen LogP contribution in [0.15, 0.2) is 0 Å². The molecular formula is C12H17N3O2. The lowest BCUT2D eigenvalue weighted by Gasteiger charge is -2.04. The highest BCUT2D eigenvalue weighted by Crippen LogP contribution is 2.17. The summed E-state index contributed by atoms with van der Waals surface area (Å²) < 4.78 is 1.78. The van der Waals surface area contributed by atoms with Crippen LogP contribution in [0.3, 0.4) is 0 Å². The third kappa shape index (κ3) is 3.06. The largest absolute Gasteiger partial charge is 0.481 e. The van der Waals surface area contributed by atoms with Crippen molar-refractivity contribution < 1.29 is 9.90 Å². The molecule has 0 saturated heterocycles. The van der Waals surface area contributed by atoms with Crippen LogP contribution in [-0.2, 0) is 30.6 Å². The number of nitriles is 1. The van der Waals surface area contributed by atoms with Crippen LogP contribution >= 0.6 is 0 Å². The molecule has 5 nitrogen and oxygen atoms in total. The zero-order chi connectivity index (χ0) is 12.8. The molecule has 0 unspecified atom stereocenters. The van der Waals surface area contributed by atoms with Crippen LogP contribution in [0.4, 0.5) is 0 Å². The summed E-state index contributed by atoms with van der Waals surface area (Å²) >= 11 is 0. The van der Waals surface area contributed by atoms with Crippen molar-refractivity contribution in [1.29, 1.82) is 5.26 Å². The van der Waals surface area contributed by atoms with E-state index in [1.165, 1.54) is 0 Å². The molecule has 1 N–H and O–H groups in total. The third-order valence-electron chi connectivity index (χ3n) is 2.68. The van der Waals surface area contributed by atoms with Gasteiger partial charge in [-0.3, -0.25) is 9.48 Å². The first-order chi connectivity index (χ1) is 8.13. The molecule has 1 aromatic heterocycles.